The molecule has 0 atom stereocenters. The second-order valence-electron chi connectivity index (χ2n) is 6.24. The summed E-state index contributed by atoms with van der Waals surface area (Å²) in [5, 5.41) is 0. The Labute approximate surface area is 132 Å². The van der Waals surface area contributed by atoms with E-state index in [1.807, 2.05) is 30.3 Å². The predicted molar refractivity (Wildman–Crippen MR) is 88.3 cm³/mol. The molecule has 1 heterocycles. The van der Waals surface area contributed by atoms with Gasteiger partial charge in [0.2, 0.25) is 10.0 Å². The number of hydrogen-bond acceptors (Lipinski definition) is 3. The van der Waals surface area contributed by atoms with Gasteiger partial charge in [0.1, 0.15) is 0 Å². The SMILES string of the molecule is CC(C)(C)c1ccc(S(=O)(=O)NCCc2ccccn2)cc1. The zero-order chi connectivity index (χ0) is 16.2. The molecule has 0 aliphatic heterocycles. The highest BCUT2D eigenvalue weighted by Gasteiger charge is 2.17. The Hall–Kier alpha value is -1.72. The lowest BCUT2D eigenvalue weighted by Gasteiger charge is -2.19. The monoisotopic (exact) mass is 318 g/mol. The minimum Gasteiger partial charge on any atom is -0.261 e. The van der Waals surface area contributed by atoms with Crippen molar-refractivity contribution in [1.29, 1.82) is 0 Å². The molecule has 2 aromatic rings. The molecule has 0 bridgehead atoms. The zero-order valence-corrected chi connectivity index (χ0v) is 14.0. The van der Waals surface area contributed by atoms with Gasteiger partial charge in [-0.25, -0.2) is 13.1 Å². The van der Waals surface area contributed by atoms with E-state index >= 15 is 0 Å². The highest BCUT2D eigenvalue weighted by Crippen LogP contribution is 2.23. The fraction of sp³-hybridized carbons (Fsp3) is 0.353. The highest BCUT2D eigenvalue weighted by molar-refractivity contribution is 7.89. The van der Waals surface area contributed by atoms with Crippen molar-refractivity contribution >= 4 is 10.0 Å². The van der Waals surface area contributed by atoms with Crippen LogP contribution in [-0.4, -0.2) is 19.9 Å². The van der Waals surface area contributed by atoms with Crippen molar-refractivity contribution in [1.82, 2.24) is 9.71 Å². The molecule has 1 aromatic carbocycles. The van der Waals surface area contributed by atoms with E-state index in [2.05, 4.69) is 30.5 Å². The Kier molecular flexibility index (Phi) is 4.98. The van der Waals surface area contributed by atoms with Crippen LogP contribution in [0.15, 0.2) is 53.6 Å². The molecule has 1 N–H and O–H groups in total. The summed E-state index contributed by atoms with van der Waals surface area (Å²) in [6, 6.07) is 12.7. The number of nitrogens with one attached hydrogen (secondary N) is 1. The fourth-order valence-corrected chi connectivity index (χ4v) is 3.11. The molecule has 4 nitrogen and oxygen atoms in total. The molecule has 0 radical (unpaired) electrons. The molecule has 118 valence electrons. The van der Waals surface area contributed by atoms with Crippen LogP contribution in [0.2, 0.25) is 0 Å². The molecule has 0 spiro atoms. The summed E-state index contributed by atoms with van der Waals surface area (Å²) in [4.78, 5) is 4.47. The molecule has 0 amide bonds. The number of hydrogen-bond donors (Lipinski definition) is 1. The van der Waals surface area contributed by atoms with Gasteiger partial charge in [-0.15, -0.1) is 0 Å². The van der Waals surface area contributed by atoms with E-state index in [4.69, 9.17) is 0 Å². The molecule has 0 saturated heterocycles. The molecule has 5 heteroatoms. The van der Waals surface area contributed by atoms with E-state index in [9.17, 15) is 8.42 Å². The number of nitrogens with zero attached hydrogens (tertiary/aromatic N) is 1. The molecule has 0 saturated carbocycles. The topological polar surface area (TPSA) is 59.1 Å². The number of aromatic nitrogens is 1. The van der Waals surface area contributed by atoms with Gasteiger partial charge in [-0.1, -0.05) is 39.0 Å². The lowest BCUT2D eigenvalue weighted by atomic mass is 9.87. The Balaban J connectivity index is 2.01. The van der Waals surface area contributed by atoms with Crippen molar-refractivity contribution in [3.63, 3.8) is 0 Å². The lowest BCUT2D eigenvalue weighted by molar-refractivity contribution is 0.578. The summed E-state index contributed by atoms with van der Waals surface area (Å²) in [5.41, 5.74) is 1.99. The molecule has 0 aliphatic carbocycles. The average molecular weight is 318 g/mol. The number of benzene rings is 1. The molecule has 0 fully saturated rings. The maximum Gasteiger partial charge on any atom is 0.240 e. The first-order valence-corrected chi connectivity index (χ1v) is 8.77. The van der Waals surface area contributed by atoms with Gasteiger partial charge in [0.25, 0.3) is 0 Å². The summed E-state index contributed by atoms with van der Waals surface area (Å²) in [5.74, 6) is 0. The zero-order valence-electron chi connectivity index (χ0n) is 13.2. The quantitative estimate of drug-likeness (QED) is 0.922. The molecule has 1 aromatic heterocycles. The number of sulfonamides is 1. The summed E-state index contributed by atoms with van der Waals surface area (Å²) in [6.07, 6.45) is 2.27. The van der Waals surface area contributed by atoms with Crippen LogP contribution in [-0.2, 0) is 21.9 Å². The molecular weight excluding hydrogens is 296 g/mol. The van der Waals surface area contributed by atoms with Crippen LogP contribution in [0.5, 0.6) is 0 Å². The third-order valence-corrected chi connectivity index (χ3v) is 4.91. The smallest absolute Gasteiger partial charge is 0.240 e. The van der Waals surface area contributed by atoms with Crippen molar-refractivity contribution in [2.75, 3.05) is 6.54 Å². The number of pyridine rings is 1. The van der Waals surface area contributed by atoms with E-state index in [1.54, 1.807) is 18.3 Å². The molecule has 22 heavy (non-hydrogen) atoms. The van der Waals surface area contributed by atoms with Gasteiger partial charge < -0.3 is 0 Å². The maximum atomic E-state index is 12.3. The van der Waals surface area contributed by atoms with E-state index in [1.165, 1.54) is 0 Å². The third kappa shape index (κ3) is 4.39. The Bertz CT molecular complexity index is 703. The Morgan fingerprint density at radius 2 is 1.73 bits per heavy atom. The minimum atomic E-state index is -3.47. The largest absolute Gasteiger partial charge is 0.261 e. The minimum absolute atomic E-state index is 0.00863. The maximum absolute atomic E-state index is 12.3. The first-order chi connectivity index (χ1) is 10.3. The summed E-state index contributed by atoms with van der Waals surface area (Å²) in [7, 11) is -3.47. The van der Waals surface area contributed by atoms with Gasteiger partial charge in [0.05, 0.1) is 4.90 Å². The highest BCUT2D eigenvalue weighted by atomic mass is 32.2. The first kappa shape index (κ1) is 16.6. The predicted octanol–water partition coefficient (Wildman–Crippen LogP) is 2.90. The fourth-order valence-electron chi connectivity index (χ4n) is 2.08. The van der Waals surface area contributed by atoms with Crippen molar-refractivity contribution in [2.45, 2.75) is 37.5 Å². The first-order valence-electron chi connectivity index (χ1n) is 7.29. The summed E-state index contributed by atoms with van der Waals surface area (Å²) < 4.78 is 27.1. The van der Waals surface area contributed by atoms with Crippen LogP contribution in [0.1, 0.15) is 32.0 Å². The van der Waals surface area contributed by atoms with Gasteiger partial charge in [-0.05, 0) is 35.2 Å². The standard InChI is InChI=1S/C17H22N2O2S/c1-17(2,3)14-7-9-16(10-8-14)22(20,21)19-13-11-15-6-4-5-12-18-15/h4-10,12,19H,11,13H2,1-3H3. The third-order valence-electron chi connectivity index (χ3n) is 3.43. The number of rotatable bonds is 5. The summed E-state index contributed by atoms with van der Waals surface area (Å²) >= 11 is 0. The van der Waals surface area contributed by atoms with E-state index < -0.39 is 10.0 Å². The van der Waals surface area contributed by atoms with Gasteiger partial charge >= 0.3 is 0 Å². The van der Waals surface area contributed by atoms with E-state index in [0.717, 1.165) is 11.3 Å². The van der Waals surface area contributed by atoms with Crippen molar-refractivity contribution in [2.24, 2.45) is 0 Å². The van der Waals surface area contributed by atoms with E-state index in [-0.39, 0.29) is 5.41 Å². The van der Waals surface area contributed by atoms with Gasteiger partial charge in [-0.3, -0.25) is 4.98 Å². The molecule has 0 unspecified atom stereocenters. The van der Waals surface area contributed by atoms with Gasteiger partial charge in [0.15, 0.2) is 0 Å². The summed E-state index contributed by atoms with van der Waals surface area (Å²) in [6.45, 7) is 6.63. The second kappa shape index (κ2) is 6.58. The second-order valence-corrected chi connectivity index (χ2v) is 8.01. The van der Waals surface area contributed by atoms with Crippen LogP contribution >= 0.6 is 0 Å². The lowest BCUT2D eigenvalue weighted by Crippen LogP contribution is -2.26. The van der Waals surface area contributed by atoms with Crippen molar-refractivity contribution in [3.8, 4) is 0 Å². The Morgan fingerprint density at radius 1 is 1.05 bits per heavy atom. The van der Waals surface area contributed by atoms with Crippen LogP contribution < -0.4 is 4.72 Å². The van der Waals surface area contributed by atoms with Crippen molar-refractivity contribution < 1.29 is 8.42 Å². The van der Waals surface area contributed by atoms with Gasteiger partial charge in [0, 0.05) is 24.9 Å². The molecule has 0 aliphatic rings. The molecule has 2 rings (SSSR count). The van der Waals surface area contributed by atoms with Crippen LogP contribution in [0, 0.1) is 0 Å². The molecular formula is C17H22N2O2S. The Morgan fingerprint density at radius 3 is 2.27 bits per heavy atom. The average Bonchev–Trinajstić information content (AvgIpc) is 2.47. The van der Waals surface area contributed by atoms with Crippen LogP contribution in [0.3, 0.4) is 0 Å². The normalized spacial score (nSPS) is 12.3. The van der Waals surface area contributed by atoms with Gasteiger partial charge in [-0.2, -0.15) is 0 Å². The van der Waals surface area contributed by atoms with E-state index in [0.29, 0.717) is 17.9 Å². The van der Waals surface area contributed by atoms with Crippen LogP contribution in [0.25, 0.3) is 0 Å². The van der Waals surface area contributed by atoms with Crippen LogP contribution in [0.4, 0.5) is 0 Å². The van der Waals surface area contributed by atoms with Crippen molar-refractivity contribution in [3.05, 3.63) is 59.9 Å².